The number of para-hydroxylation sites is 1. The van der Waals surface area contributed by atoms with Crippen molar-refractivity contribution < 1.29 is 27.6 Å². The maximum absolute atomic E-state index is 14.7. The second-order valence-electron chi connectivity index (χ2n) is 8.48. The van der Waals surface area contributed by atoms with Crippen molar-refractivity contribution in [3.05, 3.63) is 101 Å². The summed E-state index contributed by atoms with van der Waals surface area (Å²) in [5.74, 6) is -2.36. The summed E-state index contributed by atoms with van der Waals surface area (Å²) in [5.41, 5.74) is 2.40. The molecule has 0 aliphatic carbocycles. The van der Waals surface area contributed by atoms with Gasteiger partial charge in [0.15, 0.2) is 5.82 Å². The smallest absolute Gasteiger partial charge is 0.328 e. The number of hydrogen-bond donors (Lipinski definition) is 2. The molecule has 0 saturated carbocycles. The Balaban J connectivity index is 0.00000111. The van der Waals surface area contributed by atoms with E-state index in [0.717, 1.165) is 22.6 Å². The Kier molecular flexibility index (Phi) is 9.91. The number of urea groups is 1. The van der Waals surface area contributed by atoms with E-state index in [9.17, 15) is 22.8 Å². The van der Waals surface area contributed by atoms with Gasteiger partial charge in [-0.1, -0.05) is 26.0 Å². The molecule has 1 aliphatic rings. The third-order valence-corrected chi connectivity index (χ3v) is 5.95. The second kappa shape index (κ2) is 13.3. The van der Waals surface area contributed by atoms with Gasteiger partial charge in [-0.25, -0.2) is 32.8 Å². The topological polar surface area (TPSA) is 104 Å². The first-order valence-electron chi connectivity index (χ1n) is 12.6. The van der Waals surface area contributed by atoms with E-state index in [1.807, 2.05) is 27.6 Å². The summed E-state index contributed by atoms with van der Waals surface area (Å²) in [6.45, 7) is 9.45. The predicted molar refractivity (Wildman–Crippen MR) is 150 cm³/mol. The SMILES string of the molecule is C=O.CC.Cc1nc(-c2cc(C(=O)Nc3ccc(F)cc3)ccc2C)c2c(n1)N(c1c(F)cccc1F)C(=O)NC2. The molecule has 0 atom stereocenters. The van der Waals surface area contributed by atoms with Crippen molar-refractivity contribution in [2.45, 2.75) is 34.2 Å². The molecule has 0 bridgehead atoms. The number of rotatable bonds is 4. The first-order valence-corrected chi connectivity index (χ1v) is 12.6. The number of hydrogen-bond acceptors (Lipinski definition) is 5. The number of aryl methyl sites for hydroxylation is 2. The van der Waals surface area contributed by atoms with Crippen molar-refractivity contribution >= 4 is 35.9 Å². The Hall–Kier alpha value is -5.06. The van der Waals surface area contributed by atoms with Crippen LogP contribution in [-0.2, 0) is 11.3 Å². The Bertz CT molecular complexity index is 1560. The number of benzene rings is 3. The van der Waals surface area contributed by atoms with Crippen molar-refractivity contribution in [2.24, 2.45) is 0 Å². The van der Waals surface area contributed by atoms with Gasteiger partial charge in [-0.05, 0) is 67.9 Å². The van der Waals surface area contributed by atoms with Gasteiger partial charge in [0.2, 0.25) is 0 Å². The van der Waals surface area contributed by atoms with E-state index in [1.165, 1.54) is 30.3 Å². The van der Waals surface area contributed by atoms with Gasteiger partial charge in [0, 0.05) is 22.4 Å². The Morgan fingerprint density at radius 1 is 0.951 bits per heavy atom. The minimum atomic E-state index is -0.920. The van der Waals surface area contributed by atoms with Crippen LogP contribution in [0.1, 0.15) is 41.2 Å². The highest BCUT2D eigenvalue weighted by molar-refractivity contribution is 6.05. The quantitative estimate of drug-likeness (QED) is 0.290. The van der Waals surface area contributed by atoms with Gasteiger partial charge in [0.1, 0.15) is 35.8 Å². The molecule has 0 unspecified atom stereocenters. The summed E-state index contributed by atoms with van der Waals surface area (Å²) in [6.07, 6.45) is 0. The standard InChI is InChI=1S/C27H20F3N5O2.C2H6.CH2O/c1-14-6-7-16(26(36)34-18-10-8-17(28)9-11-18)12-19(14)23-20-13-31-27(37)35(25(20)33-15(2)32-23)24-21(29)4-3-5-22(24)30;2*1-2/h3-12H,13H2,1-2H3,(H,31,37)(H,34,36);1-2H3;1H2. The Morgan fingerprint density at radius 3 is 2.22 bits per heavy atom. The number of nitrogens with one attached hydrogen (secondary N) is 2. The average Bonchev–Trinajstić information content (AvgIpc) is 2.97. The zero-order valence-corrected chi connectivity index (χ0v) is 22.9. The van der Waals surface area contributed by atoms with Crippen LogP contribution >= 0.6 is 0 Å². The van der Waals surface area contributed by atoms with Crippen LogP contribution in [0.2, 0.25) is 0 Å². The number of aromatic nitrogens is 2. The molecule has 4 aromatic rings. The van der Waals surface area contributed by atoms with Gasteiger partial charge in [-0.2, -0.15) is 0 Å². The molecule has 8 nitrogen and oxygen atoms in total. The molecular formula is C30H28F3N5O3. The third kappa shape index (κ3) is 6.40. The molecule has 1 aliphatic heterocycles. The second-order valence-corrected chi connectivity index (χ2v) is 8.48. The van der Waals surface area contributed by atoms with Crippen molar-refractivity contribution in [1.29, 1.82) is 0 Å². The summed E-state index contributed by atoms with van der Waals surface area (Å²) in [7, 11) is 0. The molecular weight excluding hydrogens is 535 g/mol. The van der Waals surface area contributed by atoms with Gasteiger partial charge in [0.05, 0.1) is 12.2 Å². The number of amides is 3. The molecule has 0 spiro atoms. The normalized spacial score (nSPS) is 11.7. The molecule has 0 saturated heterocycles. The minimum Gasteiger partial charge on any atom is -0.333 e. The summed E-state index contributed by atoms with van der Waals surface area (Å²) in [5, 5.41) is 5.35. The van der Waals surface area contributed by atoms with E-state index in [-0.39, 0.29) is 18.2 Å². The number of anilines is 3. The zero-order valence-electron chi connectivity index (χ0n) is 22.9. The van der Waals surface area contributed by atoms with Crippen LogP contribution < -0.4 is 15.5 Å². The van der Waals surface area contributed by atoms with E-state index < -0.39 is 35.1 Å². The molecule has 5 rings (SSSR count). The summed E-state index contributed by atoms with van der Waals surface area (Å²) in [6, 6.07) is 13.0. The molecule has 2 heterocycles. The van der Waals surface area contributed by atoms with E-state index in [4.69, 9.17) is 4.79 Å². The lowest BCUT2D eigenvalue weighted by atomic mass is 9.97. The molecule has 212 valence electrons. The van der Waals surface area contributed by atoms with Crippen molar-refractivity contribution in [3.8, 4) is 11.3 Å². The molecule has 41 heavy (non-hydrogen) atoms. The molecule has 3 amide bonds. The molecule has 3 aromatic carbocycles. The summed E-state index contributed by atoms with van der Waals surface area (Å²) >= 11 is 0. The monoisotopic (exact) mass is 563 g/mol. The number of fused-ring (bicyclic) bond motifs is 1. The van der Waals surface area contributed by atoms with E-state index in [2.05, 4.69) is 20.6 Å². The van der Waals surface area contributed by atoms with Crippen LogP contribution in [0.15, 0.2) is 60.7 Å². The molecule has 0 fully saturated rings. The number of nitrogens with zero attached hydrogens (tertiary/aromatic N) is 3. The lowest BCUT2D eigenvalue weighted by molar-refractivity contribution is -0.0980. The highest BCUT2D eigenvalue weighted by Gasteiger charge is 2.34. The van der Waals surface area contributed by atoms with Crippen LogP contribution in [0.4, 0.5) is 35.2 Å². The third-order valence-electron chi connectivity index (χ3n) is 5.95. The van der Waals surface area contributed by atoms with Gasteiger partial charge in [-0.3, -0.25) is 4.79 Å². The van der Waals surface area contributed by atoms with Crippen LogP contribution in [0.5, 0.6) is 0 Å². The number of carbonyl (C=O) groups is 3. The maximum Gasteiger partial charge on any atom is 0.328 e. The lowest BCUT2D eigenvalue weighted by Crippen LogP contribution is -2.43. The highest BCUT2D eigenvalue weighted by Crippen LogP contribution is 2.38. The zero-order chi connectivity index (χ0) is 30.3. The highest BCUT2D eigenvalue weighted by atomic mass is 19.1. The minimum absolute atomic E-state index is 0.0157. The van der Waals surface area contributed by atoms with Crippen molar-refractivity contribution in [2.75, 3.05) is 10.2 Å². The molecule has 0 radical (unpaired) electrons. The number of carbonyl (C=O) groups excluding carboxylic acids is 3. The van der Waals surface area contributed by atoms with Crippen molar-refractivity contribution in [3.63, 3.8) is 0 Å². The fourth-order valence-corrected chi connectivity index (χ4v) is 4.16. The van der Waals surface area contributed by atoms with Gasteiger partial charge in [0.25, 0.3) is 5.91 Å². The average molecular weight is 564 g/mol. The molecule has 11 heteroatoms. The van der Waals surface area contributed by atoms with Gasteiger partial charge >= 0.3 is 6.03 Å². The first-order chi connectivity index (χ1) is 19.7. The summed E-state index contributed by atoms with van der Waals surface area (Å²) < 4.78 is 42.5. The van der Waals surface area contributed by atoms with Gasteiger partial charge < -0.3 is 15.4 Å². The van der Waals surface area contributed by atoms with Crippen LogP contribution in [-0.4, -0.2) is 28.7 Å². The molecule has 2 N–H and O–H groups in total. The van der Waals surface area contributed by atoms with Crippen molar-refractivity contribution in [1.82, 2.24) is 15.3 Å². The van der Waals surface area contributed by atoms with Crippen LogP contribution in [0, 0.1) is 31.3 Å². The summed E-state index contributed by atoms with van der Waals surface area (Å²) in [4.78, 5) is 43.5. The first kappa shape index (κ1) is 30.5. The van der Waals surface area contributed by atoms with E-state index >= 15 is 0 Å². The van der Waals surface area contributed by atoms with Crippen LogP contribution in [0.25, 0.3) is 11.3 Å². The van der Waals surface area contributed by atoms with E-state index in [1.54, 1.807) is 25.1 Å². The predicted octanol–water partition coefficient (Wildman–Crippen LogP) is 6.63. The fraction of sp³-hybridized carbons (Fsp3) is 0.167. The Labute approximate surface area is 235 Å². The number of halogens is 3. The maximum atomic E-state index is 14.7. The Morgan fingerprint density at radius 2 is 1.59 bits per heavy atom. The lowest BCUT2D eigenvalue weighted by Gasteiger charge is -2.30. The fourth-order valence-electron chi connectivity index (χ4n) is 4.16. The van der Waals surface area contributed by atoms with Crippen LogP contribution in [0.3, 0.4) is 0 Å². The van der Waals surface area contributed by atoms with E-state index in [0.29, 0.717) is 28.1 Å². The largest absolute Gasteiger partial charge is 0.333 e. The molecule has 1 aromatic heterocycles. The van der Waals surface area contributed by atoms with Gasteiger partial charge in [-0.15, -0.1) is 0 Å².